The van der Waals surface area contributed by atoms with Crippen molar-refractivity contribution >= 4 is 29.1 Å². The Morgan fingerprint density at radius 3 is 2.44 bits per heavy atom. The first kappa shape index (κ1) is 22.0. The fourth-order valence-corrected chi connectivity index (χ4v) is 5.44. The Morgan fingerprint density at radius 1 is 1.12 bits per heavy atom. The number of hydrogen-bond donors (Lipinski definition) is 1. The number of allylic oxidation sites excluding steroid dienone is 3. The SMILES string of the molecule is COC(=O)C1=C(C)NC2=C(C(=O)[C@@H](C(=O)OC)[C@@H](c3cccs3)C2)[C@@H]1c1ccc(F)cc1. The lowest BCUT2D eigenvalue weighted by atomic mass is 9.68. The lowest BCUT2D eigenvalue weighted by molar-refractivity contribution is -0.149. The molecule has 2 aromatic rings. The number of ketones is 1. The number of benzene rings is 1. The summed E-state index contributed by atoms with van der Waals surface area (Å²) in [5.74, 6) is -4.28. The predicted octanol–water partition coefficient (Wildman–Crippen LogP) is 3.82. The van der Waals surface area contributed by atoms with Crippen molar-refractivity contribution < 1.29 is 28.2 Å². The van der Waals surface area contributed by atoms with E-state index in [1.54, 1.807) is 6.92 Å². The molecule has 166 valence electrons. The number of ether oxygens (including phenoxy) is 2. The van der Waals surface area contributed by atoms with E-state index in [2.05, 4.69) is 5.32 Å². The van der Waals surface area contributed by atoms with Crippen LogP contribution >= 0.6 is 11.3 Å². The zero-order valence-electron chi connectivity index (χ0n) is 17.8. The molecule has 1 aromatic heterocycles. The van der Waals surface area contributed by atoms with Gasteiger partial charge in [0.05, 0.1) is 19.8 Å². The van der Waals surface area contributed by atoms with E-state index in [0.29, 0.717) is 29.0 Å². The number of rotatable bonds is 4. The smallest absolute Gasteiger partial charge is 0.336 e. The largest absolute Gasteiger partial charge is 0.468 e. The molecule has 0 bridgehead atoms. The van der Waals surface area contributed by atoms with Gasteiger partial charge in [0.1, 0.15) is 11.7 Å². The van der Waals surface area contributed by atoms with Crippen LogP contribution in [0.4, 0.5) is 4.39 Å². The normalized spacial score (nSPS) is 22.9. The molecule has 0 radical (unpaired) electrons. The van der Waals surface area contributed by atoms with E-state index in [1.165, 1.54) is 49.8 Å². The van der Waals surface area contributed by atoms with Crippen molar-refractivity contribution in [2.24, 2.45) is 5.92 Å². The third kappa shape index (κ3) is 3.64. The molecule has 1 aromatic carbocycles. The second-order valence-corrected chi connectivity index (χ2v) is 8.70. The van der Waals surface area contributed by atoms with Gasteiger partial charge in [-0.25, -0.2) is 9.18 Å². The number of nitrogens with one attached hydrogen (secondary N) is 1. The molecule has 2 heterocycles. The van der Waals surface area contributed by atoms with Gasteiger partial charge in [-0.1, -0.05) is 18.2 Å². The third-order valence-corrected chi connectivity index (χ3v) is 7.00. The zero-order valence-corrected chi connectivity index (χ0v) is 18.6. The third-order valence-electron chi connectivity index (χ3n) is 5.99. The molecule has 32 heavy (non-hydrogen) atoms. The van der Waals surface area contributed by atoms with Gasteiger partial charge in [0, 0.05) is 33.7 Å². The van der Waals surface area contributed by atoms with Crippen LogP contribution in [0.25, 0.3) is 0 Å². The molecule has 4 rings (SSSR count). The molecule has 0 spiro atoms. The quantitative estimate of drug-likeness (QED) is 0.558. The van der Waals surface area contributed by atoms with Crippen LogP contribution in [-0.4, -0.2) is 31.9 Å². The number of esters is 2. The lowest BCUT2D eigenvalue weighted by Gasteiger charge is -2.39. The van der Waals surface area contributed by atoms with Crippen LogP contribution < -0.4 is 5.32 Å². The second kappa shape index (κ2) is 8.70. The highest BCUT2D eigenvalue weighted by Crippen LogP contribution is 2.48. The van der Waals surface area contributed by atoms with Crippen molar-refractivity contribution in [2.45, 2.75) is 25.2 Å². The van der Waals surface area contributed by atoms with E-state index in [-0.39, 0.29) is 11.5 Å². The fourth-order valence-electron chi connectivity index (χ4n) is 4.57. The summed E-state index contributed by atoms with van der Waals surface area (Å²) in [7, 11) is 2.52. The van der Waals surface area contributed by atoms with Crippen LogP contribution in [0, 0.1) is 11.7 Å². The van der Waals surface area contributed by atoms with Crippen molar-refractivity contribution in [1.82, 2.24) is 5.32 Å². The van der Waals surface area contributed by atoms with Crippen molar-refractivity contribution in [2.75, 3.05) is 14.2 Å². The van der Waals surface area contributed by atoms with Gasteiger partial charge in [0.25, 0.3) is 0 Å². The molecule has 0 fully saturated rings. The number of carbonyl (C=O) groups is 3. The molecular weight excluding hydrogens is 433 g/mol. The van der Waals surface area contributed by atoms with Crippen molar-refractivity contribution in [3.05, 3.63) is 80.6 Å². The number of halogens is 1. The van der Waals surface area contributed by atoms with E-state index < -0.39 is 35.4 Å². The molecule has 0 unspecified atom stereocenters. The van der Waals surface area contributed by atoms with Crippen LogP contribution in [0.1, 0.15) is 35.6 Å². The lowest BCUT2D eigenvalue weighted by Crippen LogP contribution is -2.43. The zero-order chi connectivity index (χ0) is 23.0. The molecule has 1 aliphatic heterocycles. The molecule has 8 heteroatoms. The Morgan fingerprint density at radius 2 is 1.84 bits per heavy atom. The summed E-state index contributed by atoms with van der Waals surface area (Å²) in [5, 5.41) is 5.11. The monoisotopic (exact) mass is 455 g/mol. The van der Waals surface area contributed by atoms with Crippen LogP contribution in [-0.2, 0) is 23.9 Å². The first-order valence-corrected chi connectivity index (χ1v) is 10.9. The molecule has 1 N–H and O–H groups in total. The van der Waals surface area contributed by atoms with Crippen molar-refractivity contribution in [3.8, 4) is 0 Å². The summed E-state index contributed by atoms with van der Waals surface area (Å²) in [4.78, 5) is 40.2. The Hall–Kier alpha value is -3.26. The van der Waals surface area contributed by atoms with E-state index in [0.717, 1.165) is 4.88 Å². The van der Waals surface area contributed by atoms with Crippen molar-refractivity contribution in [3.63, 3.8) is 0 Å². The van der Waals surface area contributed by atoms with E-state index in [9.17, 15) is 18.8 Å². The minimum absolute atomic E-state index is 0.254. The number of Topliss-reactive ketones (excluding diaryl/α,β-unsaturated/α-hetero) is 1. The summed E-state index contributed by atoms with van der Waals surface area (Å²) in [5.41, 5.74) is 2.33. The number of thiophene rings is 1. The maximum atomic E-state index is 13.8. The van der Waals surface area contributed by atoms with Crippen LogP contribution in [0.5, 0.6) is 0 Å². The van der Waals surface area contributed by atoms with Gasteiger partial charge in [-0.2, -0.15) is 0 Å². The number of methoxy groups -OCH3 is 2. The standard InChI is InChI=1S/C24H22FNO5S/c1-12-18(23(28)30-2)19(13-6-8-14(25)9-7-13)21-16(26-12)11-15(17-5-4-10-32-17)20(22(21)27)24(29)31-3/h4-10,15,19-20,26H,11H2,1-3H3/t15-,19-,20+/m1/s1. The number of carbonyl (C=O) groups excluding carboxylic acids is 3. The van der Waals surface area contributed by atoms with Gasteiger partial charge >= 0.3 is 11.9 Å². The number of hydrogen-bond acceptors (Lipinski definition) is 7. The Kier molecular flexibility index (Phi) is 5.97. The molecule has 0 saturated heterocycles. The van der Waals surface area contributed by atoms with Gasteiger partial charge in [-0.15, -0.1) is 11.3 Å². The van der Waals surface area contributed by atoms with Gasteiger partial charge in [0.15, 0.2) is 5.78 Å². The first-order valence-electron chi connectivity index (χ1n) is 10.1. The fraction of sp³-hybridized carbons (Fsp3) is 0.292. The molecular formula is C24H22FNO5S. The van der Waals surface area contributed by atoms with Gasteiger partial charge in [-0.05, 0) is 42.5 Å². The summed E-state index contributed by atoms with van der Waals surface area (Å²) < 4.78 is 23.6. The average molecular weight is 456 g/mol. The van der Waals surface area contributed by atoms with Crippen LogP contribution in [0.3, 0.4) is 0 Å². The van der Waals surface area contributed by atoms with E-state index >= 15 is 0 Å². The van der Waals surface area contributed by atoms with Gasteiger partial charge in [0.2, 0.25) is 0 Å². The maximum Gasteiger partial charge on any atom is 0.336 e. The predicted molar refractivity (Wildman–Crippen MR) is 116 cm³/mol. The van der Waals surface area contributed by atoms with Crippen LogP contribution in [0.15, 0.2) is 64.3 Å². The van der Waals surface area contributed by atoms with E-state index in [1.807, 2.05) is 17.5 Å². The Labute approximate surface area is 188 Å². The highest BCUT2D eigenvalue weighted by atomic mass is 32.1. The van der Waals surface area contributed by atoms with Gasteiger partial charge < -0.3 is 14.8 Å². The van der Waals surface area contributed by atoms with E-state index in [4.69, 9.17) is 9.47 Å². The highest BCUT2D eigenvalue weighted by Gasteiger charge is 2.49. The molecule has 0 amide bonds. The topological polar surface area (TPSA) is 81.7 Å². The summed E-state index contributed by atoms with van der Waals surface area (Å²) >= 11 is 1.47. The van der Waals surface area contributed by atoms with Crippen molar-refractivity contribution in [1.29, 1.82) is 0 Å². The van der Waals surface area contributed by atoms with Gasteiger partial charge in [-0.3, -0.25) is 9.59 Å². The van der Waals surface area contributed by atoms with Crippen LogP contribution in [0.2, 0.25) is 0 Å². The summed E-state index contributed by atoms with van der Waals surface area (Å²) in [6.07, 6.45) is 0.394. The highest BCUT2D eigenvalue weighted by molar-refractivity contribution is 7.10. The minimum atomic E-state index is -1.04. The molecule has 2 aliphatic rings. The average Bonchev–Trinajstić information content (AvgIpc) is 3.32. The Balaban J connectivity index is 1.90. The summed E-state index contributed by atoms with van der Waals surface area (Å²) in [6, 6.07) is 9.41. The molecule has 3 atom stereocenters. The molecule has 1 aliphatic carbocycles. The first-order chi connectivity index (χ1) is 15.4. The molecule has 6 nitrogen and oxygen atoms in total. The number of dihydropyridines is 1. The minimum Gasteiger partial charge on any atom is -0.468 e. The summed E-state index contributed by atoms with van der Waals surface area (Å²) in [6.45, 7) is 1.74. The second-order valence-electron chi connectivity index (χ2n) is 7.72. The molecule has 0 saturated carbocycles. The maximum absolute atomic E-state index is 13.8. The Bertz CT molecular complexity index is 1130.